The quantitative estimate of drug-likeness (QED) is 0.717. The molecule has 20 heavy (non-hydrogen) atoms. The Morgan fingerprint density at radius 3 is 2.40 bits per heavy atom. The molecule has 2 rings (SSSR count). The van der Waals surface area contributed by atoms with Gasteiger partial charge in [-0.05, 0) is 17.7 Å². The van der Waals surface area contributed by atoms with E-state index in [1.54, 1.807) is 12.1 Å². The second-order valence-corrected chi connectivity index (χ2v) is 5.06. The van der Waals surface area contributed by atoms with Gasteiger partial charge in [0.15, 0.2) is 0 Å². The van der Waals surface area contributed by atoms with Gasteiger partial charge in [-0.25, -0.2) is 4.79 Å². The molecule has 3 N–H and O–H groups in total. The van der Waals surface area contributed by atoms with Crippen LogP contribution < -0.4 is 16.0 Å². The van der Waals surface area contributed by atoms with Crippen LogP contribution in [0.4, 0.5) is 10.5 Å². The largest absolute Gasteiger partial charge is 0.326 e. The molecule has 1 aliphatic rings. The second kappa shape index (κ2) is 5.73. The zero-order valence-electron chi connectivity index (χ0n) is 11.4. The first kappa shape index (κ1) is 14.0. The maximum Gasteiger partial charge on any atom is 0.322 e. The molecule has 6 nitrogen and oxygen atoms in total. The predicted molar refractivity (Wildman–Crippen MR) is 74.1 cm³/mol. The SMILES string of the molecule is CC(C)C(=O)Nc1ccc(CC2NC(=O)NC2=O)cc1. The molecular weight excluding hydrogens is 258 g/mol. The Balaban J connectivity index is 1.96. The molecule has 0 radical (unpaired) electrons. The number of rotatable bonds is 4. The average molecular weight is 275 g/mol. The number of nitrogens with one attached hydrogen (secondary N) is 3. The number of imide groups is 1. The molecule has 6 heteroatoms. The highest BCUT2D eigenvalue weighted by atomic mass is 16.2. The average Bonchev–Trinajstić information content (AvgIpc) is 2.70. The Kier molecular flexibility index (Phi) is 4.02. The molecule has 4 amide bonds. The Hall–Kier alpha value is -2.37. The van der Waals surface area contributed by atoms with Crippen molar-refractivity contribution < 1.29 is 14.4 Å². The van der Waals surface area contributed by atoms with Gasteiger partial charge in [-0.2, -0.15) is 0 Å². The summed E-state index contributed by atoms with van der Waals surface area (Å²) in [4.78, 5) is 34.0. The molecule has 1 aromatic carbocycles. The van der Waals surface area contributed by atoms with Crippen molar-refractivity contribution in [2.24, 2.45) is 5.92 Å². The molecule has 1 unspecified atom stereocenters. The Morgan fingerprint density at radius 2 is 1.90 bits per heavy atom. The molecule has 1 heterocycles. The summed E-state index contributed by atoms with van der Waals surface area (Å²) in [7, 11) is 0. The van der Waals surface area contributed by atoms with Gasteiger partial charge in [0.1, 0.15) is 6.04 Å². The third-order valence-corrected chi connectivity index (χ3v) is 3.04. The fourth-order valence-electron chi connectivity index (χ4n) is 1.85. The van der Waals surface area contributed by atoms with Crippen molar-refractivity contribution in [3.05, 3.63) is 29.8 Å². The van der Waals surface area contributed by atoms with E-state index in [9.17, 15) is 14.4 Å². The van der Waals surface area contributed by atoms with Gasteiger partial charge < -0.3 is 10.6 Å². The molecule has 0 aromatic heterocycles. The maximum absolute atomic E-state index is 11.5. The van der Waals surface area contributed by atoms with Gasteiger partial charge in [0, 0.05) is 18.0 Å². The summed E-state index contributed by atoms with van der Waals surface area (Å²) in [5.74, 6) is -0.431. The van der Waals surface area contributed by atoms with Gasteiger partial charge in [0.25, 0.3) is 5.91 Å². The minimum Gasteiger partial charge on any atom is -0.326 e. The first-order valence-corrected chi connectivity index (χ1v) is 6.47. The van der Waals surface area contributed by atoms with E-state index in [-0.39, 0.29) is 17.7 Å². The van der Waals surface area contributed by atoms with Crippen LogP contribution in [-0.2, 0) is 16.0 Å². The summed E-state index contributed by atoms with van der Waals surface area (Å²) < 4.78 is 0. The molecule has 1 fully saturated rings. The normalized spacial score (nSPS) is 17.9. The van der Waals surface area contributed by atoms with Gasteiger partial charge in [-0.3, -0.25) is 14.9 Å². The lowest BCUT2D eigenvalue weighted by molar-refractivity contribution is -0.120. The third-order valence-electron chi connectivity index (χ3n) is 3.04. The first-order valence-electron chi connectivity index (χ1n) is 6.47. The van der Waals surface area contributed by atoms with Crippen molar-refractivity contribution in [2.75, 3.05) is 5.32 Å². The number of urea groups is 1. The molecule has 1 atom stereocenters. The molecule has 0 saturated carbocycles. The van der Waals surface area contributed by atoms with Gasteiger partial charge in [-0.1, -0.05) is 26.0 Å². The third kappa shape index (κ3) is 3.34. The molecule has 1 aliphatic heterocycles. The van der Waals surface area contributed by atoms with Crippen molar-refractivity contribution in [2.45, 2.75) is 26.3 Å². The second-order valence-electron chi connectivity index (χ2n) is 5.06. The molecule has 0 aliphatic carbocycles. The van der Waals surface area contributed by atoms with Crippen LogP contribution in [-0.4, -0.2) is 23.9 Å². The number of hydrogen-bond acceptors (Lipinski definition) is 3. The lowest BCUT2D eigenvalue weighted by atomic mass is 10.1. The fraction of sp³-hybridized carbons (Fsp3) is 0.357. The molecule has 1 aromatic rings. The minimum atomic E-state index is -0.529. The van der Waals surface area contributed by atoms with Crippen molar-refractivity contribution in [3.8, 4) is 0 Å². The predicted octanol–water partition coefficient (Wildman–Crippen LogP) is 1.03. The highest BCUT2D eigenvalue weighted by Gasteiger charge is 2.29. The monoisotopic (exact) mass is 275 g/mol. The molecule has 0 bridgehead atoms. The van der Waals surface area contributed by atoms with Crippen molar-refractivity contribution in [1.29, 1.82) is 0 Å². The van der Waals surface area contributed by atoms with Crippen LogP contribution in [0.3, 0.4) is 0 Å². The standard InChI is InChI=1S/C14H17N3O3/c1-8(2)12(18)15-10-5-3-9(4-6-10)7-11-13(19)17-14(20)16-11/h3-6,8,11H,7H2,1-2H3,(H,15,18)(H2,16,17,19,20). The van der Waals surface area contributed by atoms with E-state index in [0.717, 1.165) is 5.56 Å². The molecular formula is C14H17N3O3. The van der Waals surface area contributed by atoms with E-state index in [4.69, 9.17) is 0 Å². The molecule has 106 valence electrons. The summed E-state index contributed by atoms with van der Waals surface area (Å²) in [6.45, 7) is 3.65. The maximum atomic E-state index is 11.5. The van der Waals surface area contributed by atoms with E-state index >= 15 is 0 Å². The lowest BCUT2D eigenvalue weighted by Crippen LogP contribution is -2.31. The van der Waals surface area contributed by atoms with Crippen molar-refractivity contribution in [3.63, 3.8) is 0 Å². The molecule has 1 saturated heterocycles. The zero-order valence-corrected chi connectivity index (χ0v) is 11.4. The number of benzene rings is 1. The molecule has 0 spiro atoms. The van der Waals surface area contributed by atoms with Gasteiger partial charge in [0.2, 0.25) is 5.91 Å². The first-order chi connectivity index (χ1) is 9.45. The summed E-state index contributed by atoms with van der Waals surface area (Å²) in [6, 6.07) is 6.23. The Bertz CT molecular complexity index is 537. The Morgan fingerprint density at radius 1 is 1.25 bits per heavy atom. The number of anilines is 1. The van der Waals surface area contributed by atoms with E-state index in [2.05, 4.69) is 16.0 Å². The number of carbonyl (C=O) groups is 3. The van der Waals surface area contributed by atoms with Crippen LogP contribution in [0.25, 0.3) is 0 Å². The number of carbonyl (C=O) groups excluding carboxylic acids is 3. The van der Waals surface area contributed by atoms with Gasteiger partial charge >= 0.3 is 6.03 Å². The van der Waals surface area contributed by atoms with Crippen LogP contribution in [0.5, 0.6) is 0 Å². The van der Waals surface area contributed by atoms with Crippen LogP contribution in [0.15, 0.2) is 24.3 Å². The van der Waals surface area contributed by atoms with E-state index in [1.807, 2.05) is 26.0 Å². The van der Waals surface area contributed by atoms with Crippen LogP contribution in [0.2, 0.25) is 0 Å². The smallest absolute Gasteiger partial charge is 0.322 e. The minimum absolute atomic E-state index is 0.0415. The van der Waals surface area contributed by atoms with Crippen molar-refractivity contribution >= 4 is 23.5 Å². The van der Waals surface area contributed by atoms with Crippen LogP contribution >= 0.6 is 0 Å². The topological polar surface area (TPSA) is 87.3 Å². The Labute approximate surface area is 116 Å². The number of amides is 4. The van der Waals surface area contributed by atoms with Gasteiger partial charge in [-0.15, -0.1) is 0 Å². The van der Waals surface area contributed by atoms with Crippen LogP contribution in [0.1, 0.15) is 19.4 Å². The highest BCUT2D eigenvalue weighted by molar-refractivity contribution is 6.04. The van der Waals surface area contributed by atoms with E-state index in [1.165, 1.54) is 0 Å². The van der Waals surface area contributed by atoms with Gasteiger partial charge in [0.05, 0.1) is 0 Å². The zero-order chi connectivity index (χ0) is 14.7. The summed E-state index contributed by atoms with van der Waals surface area (Å²) >= 11 is 0. The summed E-state index contributed by atoms with van der Waals surface area (Å²) in [6.07, 6.45) is 0.427. The number of hydrogen-bond donors (Lipinski definition) is 3. The van der Waals surface area contributed by atoms with E-state index in [0.29, 0.717) is 12.1 Å². The van der Waals surface area contributed by atoms with E-state index < -0.39 is 12.1 Å². The summed E-state index contributed by atoms with van der Waals surface area (Å²) in [5.41, 5.74) is 1.63. The van der Waals surface area contributed by atoms with Crippen molar-refractivity contribution in [1.82, 2.24) is 10.6 Å². The van der Waals surface area contributed by atoms with Crippen LogP contribution in [0, 0.1) is 5.92 Å². The summed E-state index contributed by atoms with van der Waals surface area (Å²) in [5, 5.41) is 7.53. The fourth-order valence-corrected chi connectivity index (χ4v) is 1.85. The highest BCUT2D eigenvalue weighted by Crippen LogP contribution is 2.13. The lowest BCUT2D eigenvalue weighted by Gasteiger charge is -2.10.